The fourth-order valence-electron chi connectivity index (χ4n) is 4.32. The molecular weight excluding hydrogens is 435 g/mol. The fourth-order valence-corrected chi connectivity index (χ4v) is 4.32. The fraction of sp³-hybridized carbons (Fsp3) is 0.231. The van der Waals surface area contributed by atoms with E-state index in [4.69, 9.17) is 10.2 Å². The molecule has 0 spiro atoms. The van der Waals surface area contributed by atoms with Gasteiger partial charge in [-0.2, -0.15) is 0 Å². The highest BCUT2D eigenvalue weighted by Crippen LogP contribution is 2.48. The van der Waals surface area contributed by atoms with Crippen LogP contribution in [0.3, 0.4) is 0 Å². The number of nitrogen functional groups attached to an aromatic ring is 1. The molecule has 1 fully saturated rings. The van der Waals surface area contributed by atoms with E-state index in [2.05, 4.69) is 22.2 Å². The third-order valence-corrected chi connectivity index (χ3v) is 6.29. The Balaban J connectivity index is 1.65. The van der Waals surface area contributed by atoms with Crippen molar-refractivity contribution in [1.82, 2.24) is 15.3 Å². The Labute approximate surface area is 194 Å². The van der Waals surface area contributed by atoms with Gasteiger partial charge in [-0.25, -0.2) is 14.4 Å². The van der Waals surface area contributed by atoms with Crippen LogP contribution >= 0.6 is 0 Å². The summed E-state index contributed by atoms with van der Waals surface area (Å²) < 4.78 is 21.1. The van der Waals surface area contributed by atoms with E-state index in [1.165, 1.54) is 18.5 Å². The van der Waals surface area contributed by atoms with Crippen molar-refractivity contribution in [3.05, 3.63) is 87.9 Å². The van der Waals surface area contributed by atoms with E-state index in [1.54, 1.807) is 37.3 Å². The smallest absolute Gasteiger partial charge is 0.274 e. The first-order valence-corrected chi connectivity index (χ1v) is 11.1. The average molecular weight is 458 g/mol. The van der Waals surface area contributed by atoms with Crippen molar-refractivity contribution >= 4 is 22.7 Å². The minimum Gasteiger partial charge on any atom is -0.458 e. The number of hydrogen-bond acceptors (Lipinski definition) is 6. The summed E-state index contributed by atoms with van der Waals surface area (Å²) >= 11 is 0. The van der Waals surface area contributed by atoms with Crippen LogP contribution in [-0.2, 0) is 0 Å². The summed E-state index contributed by atoms with van der Waals surface area (Å²) in [6.45, 7) is 3.76. The Morgan fingerprint density at radius 3 is 2.59 bits per heavy atom. The molecule has 0 radical (unpaired) electrons. The van der Waals surface area contributed by atoms with Crippen molar-refractivity contribution in [2.75, 3.05) is 5.73 Å². The lowest BCUT2D eigenvalue weighted by Gasteiger charge is -2.18. The van der Waals surface area contributed by atoms with E-state index in [1.807, 2.05) is 6.07 Å². The van der Waals surface area contributed by atoms with Crippen LogP contribution in [0.2, 0.25) is 0 Å². The molecule has 1 aliphatic carbocycles. The molecule has 4 aromatic rings. The van der Waals surface area contributed by atoms with Gasteiger partial charge in [-0.15, -0.1) is 0 Å². The standard InChI is InChI=1S/C26H23FN4O3/c1-13-10-16(13)17-12-20-18(11-19(17)27)23(32)21(15-6-4-3-5-7-15)24(34-20)14(2)31-26(33)22-25(28)30-9-8-29-22/h3-9,11-14,16H,10H2,1-2H3,(H2,28,30)(H,31,33)/t13?,14-,16-/m0/s1. The molecular formula is C26H23FN4O3. The molecule has 1 aliphatic rings. The third kappa shape index (κ3) is 3.81. The van der Waals surface area contributed by atoms with Gasteiger partial charge in [0, 0.05) is 12.4 Å². The first kappa shape index (κ1) is 21.8. The molecule has 1 saturated carbocycles. The molecule has 7 nitrogen and oxygen atoms in total. The maximum atomic E-state index is 14.9. The van der Waals surface area contributed by atoms with Crippen LogP contribution in [0.25, 0.3) is 22.1 Å². The lowest BCUT2D eigenvalue weighted by molar-refractivity contribution is 0.0931. The van der Waals surface area contributed by atoms with Gasteiger partial charge in [-0.3, -0.25) is 9.59 Å². The third-order valence-electron chi connectivity index (χ3n) is 6.29. The molecule has 0 bridgehead atoms. The highest BCUT2D eigenvalue weighted by molar-refractivity contribution is 5.96. The van der Waals surface area contributed by atoms with Crippen molar-refractivity contribution in [2.24, 2.45) is 5.92 Å². The molecule has 2 aromatic carbocycles. The summed E-state index contributed by atoms with van der Waals surface area (Å²) in [5, 5.41) is 2.96. The summed E-state index contributed by atoms with van der Waals surface area (Å²) in [6, 6.07) is 11.1. The molecule has 0 aliphatic heterocycles. The predicted molar refractivity (Wildman–Crippen MR) is 127 cm³/mol. The topological polar surface area (TPSA) is 111 Å². The minimum absolute atomic E-state index is 0.00545. The largest absolute Gasteiger partial charge is 0.458 e. The Morgan fingerprint density at radius 1 is 1.21 bits per heavy atom. The van der Waals surface area contributed by atoms with E-state index in [-0.39, 0.29) is 45.2 Å². The average Bonchev–Trinajstić information content (AvgIpc) is 3.55. The van der Waals surface area contributed by atoms with Gasteiger partial charge < -0.3 is 15.5 Å². The first-order valence-electron chi connectivity index (χ1n) is 11.1. The SMILES string of the molecule is CC1C[C@@H]1c1cc2oc([C@H](C)NC(=O)c3nccnc3N)c(-c3ccccc3)c(=O)c2cc1F. The first-order chi connectivity index (χ1) is 16.3. The molecule has 172 valence electrons. The van der Waals surface area contributed by atoms with Crippen LogP contribution in [0.1, 0.15) is 54.0 Å². The lowest BCUT2D eigenvalue weighted by atomic mass is 9.98. The van der Waals surface area contributed by atoms with Crippen LogP contribution in [0.4, 0.5) is 10.2 Å². The van der Waals surface area contributed by atoms with Gasteiger partial charge >= 0.3 is 0 Å². The van der Waals surface area contributed by atoms with E-state index in [0.29, 0.717) is 17.0 Å². The predicted octanol–water partition coefficient (Wildman–Crippen LogP) is 4.59. The zero-order valence-corrected chi connectivity index (χ0v) is 18.7. The van der Waals surface area contributed by atoms with Gasteiger partial charge in [0.15, 0.2) is 11.5 Å². The number of aromatic nitrogens is 2. The quantitative estimate of drug-likeness (QED) is 0.453. The van der Waals surface area contributed by atoms with Crippen LogP contribution in [-0.4, -0.2) is 15.9 Å². The number of halogens is 1. The number of nitrogens with two attached hydrogens (primary N) is 1. The van der Waals surface area contributed by atoms with E-state index in [9.17, 15) is 14.0 Å². The molecule has 3 N–H and O–H groups in total. The molecule has 1 unspecified atom stereocenters. The van der Waals surface area contributed by atoms with Gasteiger partial charge in [-0.05, 0) is 48.4 Å². The molecule has 2 aromatic heterocycles. The monoisotopic (exact) mass is 458 g/mol. The molecule has 34 heavy (non-hydrogen) atoms. The number of anilines is 1. The van der Waals surface area contributed by atoms with Crippen LogP contribution in [0.5, 0.6) is 0 Å². The molecule has 0 saturated heterocycles. The molecule has 5 rings (SSSR count). The van der Waals surface area contributed by atoms with Crippen molar-refractivity contribution in [2.45, 2.75) is 32.2 Å². The van der Waals surface area contributed by atoms with Crippen LogP contribution in [0.15, 0.2) is 64.1 Å². The highest BCUT2D eigenvalue weighted by Gasteiger charge is 2.36. The zero-order valence-electron chi connectivity index (χ0n) is 18.7. The lowest BCUT2D eigenvalue weighted by Crippen LogP contribution is -2.29. The second-order valence-electron chi connectivity index (χ2n) is 8.71. The number of hydrogen-bond donors (Lipinski definition) is 2. The van der Waals surface area contributed by atoms with Crippen molar-refractivity contribution < 1.29 is 13.6 Å². The summed E-state index contributed by atoms with van der Waals surface area (Å²) in [7, 11) is 0. The highest BCUT2D eigenvalue weighted by atomic mass is 19.1. The summed E-state index contributed by atoms with van der Waals surface area (Å²) in [5.74, 6) is -0.192. The zero-order chi connectivity index (χ0) is 24.0. The number of nitrogens with one attached hydrogen (secondary N) is 1. The van der Waals surface area contributed by atoms with Gasteiger partial charge in [0.05, 0.1) is 17.0 Å². The normalized spacial score (nSPS) is 18.0. The van der Waals surface area contributed by atoms with Gasteiger partial charge in [0.25, 0.3) is 5.91 Å². The maximum Gasteiger partial charge on any atom is 0.274 e. The summed E-state index contributed by atoms with van der Waals surface area (Å²) in [4.78, 5) is 34.3. The van der Waals surface area contributed by atoms with Crippen LogP contribution < -0.4 is 16.5 Å². The number of carbonyl (C=O) groups excluding carboxylic acids is 1. The van der Waals surface area contributed by atoms with Gasteiger partial charge in [-0.1, -0.05) is 37.3 Å². The van der Waals surface area contributed by atoms with E-state index < -0.39 is 17.8 Å². The second kappa shape index (κ2) is 8.37. The van der Waals surface area contributed by atoms with E-state index in [0.717, 1.165) is 6.42 Å². The summed E-state index contributed by atoms with van der Waals surface area (Å²) in [6.07, 6.45) is 3.66. The van der Waals surface area contributed by atoms with Crippen molar-refractivity contribution in [3.63, 3.8) is 0 Å². The maximum absolute atomic E-state index is 14.9. The molecule has 8 heteroatoms. The number of benzene rings is 2. The van der Waals surface area contributed by atoms with Crippen molar-refractivity contribution in [1.29, 1.82) is 0 Å². The minimum atomic E-state index is -0.713. The van der Waals surface area contributed by atoms with E-state index >= 15 is 0 Å². The summed E-state index contributed by atoms with van der Waals surface area (Å²) in [5.41, 5.74) is 7.10. The van der Waals surface area contributed by atoms with Gasteiger partial charge in [0.2, 0.25) is 5.43 Å². The Morgan fingerprint density at radius 2 is 1.91 bits per heavy atom. The number of amides is 1. The second-order valence-corrected chi connectivity index (χ2v) is 8.71. The van der Waals surface area contributed by atoms with Crippen LogP contribution in [0, 0.1) is 11.7 Å². The van der Waals surface area contributed by atoms with Crippen molar-refractivity contribution in [3.8, 4) is 11.1 Å². The molecule has 2 heterocycles. The number of nitrogens with zero attached hydrogens (tertiary/aromatic N) is 2. The number of fused-ring (bicyclic) bond motifs is 1. The Hall–Kier alpha value is -4.07. The Kier molecular flexibility index (Phi) is 5.36. The number of rotatable bonds is 5. The number of carbonyl (C=O) groups is 1. The molecule has 3 atom stereocenters. The molecule has 1 amide bonds. The van der Waals surface area contributed by atoms with Gasteiger partial charge in [0.1, 0.15) is 17.2 Å². The Bertz CT molecular complexity index is 1470.